The SMILES string of the molecule is CC.CCC(=O)O.CCCCl.CCCO.CCOC(=O)CC.[AlH3].[H-].[Li+].c1ccncc1.c1ccncc1.c1ccncc1.c1ccncc1.c1ccncc1. The summed E-state index contributed by atoms with van der Waals surface area (Å²) in [5, 5.41) is 15.6. The second-order valence-corrected chi connectivity index (χ2v) is 8.82. The van der Waals surface area contributed by atoms with E-state index in [0.29, 0.717) is 19.6 Å². The van der Waals surface area contributed by atoms with Gasteiger partial charge in [-0.2, -0.15) is 0 Å². The van der Waals surface area contributed by atoms with Crippen LogP contribution in [0.15, 0.2) is 153 Å². The Labute approximate surface area is 355 Å². The van der Waals surface area contributed by atoms with Gasteiger partial charge in [-0.05, 0) is 80.4 Å². The van der Waals surface area contributed by atoms with Gasteiger partial charge in [-0.25, -0.2) is 0 Å². The second kappa shape index (κ2) is 70.6. The van der Waals surface area contributed by atoms with Gasteiger partial charge < -0.3 is 16.4 Å². The van der Waals surface area contributed by atoms with Gasteiger partial charge in [0.25, 0.3) is 0 Å². The quantitative estimate of drug-likeness (QED) is 0.127. The number of halogens is 1. The predicted molar refractivity (Wildman–Crippen MR) is 227 cm³/mol. The van der Waals surface area contributed by atoms with Crippen molar-refractivity contribution in [2.75, 3.05) is 19.1 Å². The van der Waals surface area contributed by atoms with E-state index in [1.165, 1.54) is 0 Å². The van der Waals surface area contributed by atoms with Gasteiger partial charge in [-0.15, -0.1) is 11.6 Å². The number of hydrogen-bond acceptors (Lipinski definition) is 9. The van der Waals surface area contributed by atoms with Gasteiger partial charge in [-0.3, -0.25) is 34.5 Å². The van der Waals surface area contributed by atoms with Crippen LogP contribution >= 0.6 is 11.6 Å². The third-order valence-electron chi connectivity index (χ3n) is 4.14. The van der Waals surface area contributed by atoms with Gasteiger partial charge in [-0.1, -0.05) is 71.9 Å². The Morgan fingerprint density at radius 2 is 0.741 bits per heavy atom. The van der Waals surface area contributed by atoms with Gasteiger partial charge in [0.1, 0.15) is 0 Å². The van der Waals surface area contributed by atoms with E-state index >= 15 is 0 Å². The number of carboxylic acid groups (broad SMARTS) is 1. The van der Waals surface area contributed by atoms with E-state index in [0.717, 1.165) is 18.7 Å². The molecule has 0 aromatic carbocycles. The molecule has 296 valence electrons. The minimum atomic E-state index is -0.745. The summed E-state index contributed by atoms with van der Waals surface area (Å²) in [5.74, 6) is -0.0764. The maximum Gasteiger partial charge on any atom is 1.00 e. The summed E-state index contributed by atoms with van der Waals surface area (Å²) in [6, 6.07) is 28.6. The molecule has 0 saturated heterocycles. The summed E-state index contributed by atoms with van der Waals surface area (Å²) in [7, 11) is 0. The summed E-state index contributed by atoms with van der Waals surface area (Å²) in [4.78, 5) is 38.5. The normalized spacial score (nSPS) is 7.43. The number of carbonyl (C=O) groups excluding carboxylic acids is 1. The van der Waals surface area contributed by atoms with Crippen LogP contribution in [0.5, 0.6) is 0 Å². The minimum absolute atomic E-state index is 0. The number of alkyl halides is 1. The van der Waals surface area contributed by atoms with E-state index in [2.05, 4.69) is 29.7 Å². The second-order valence-electron chi connectivity index (χ2n) is 8.44. The summed E-state index contributed by atoms with van der Waals surface area (Å²) >= 11 is 5.19. The first-order chi connectivity index (χ1) is 25.4. The van der Waals surface area contributed by atoms with Crippen LogP contribution in [0.1, 0.15) is 75.6 Å². The van der Waals surface area contributed by atoms with E-state index in [1.807, 2.05) is 119 Å². The summed E-state index contributed by atoms with van der Waals surface area (Å²) in [5.41, 5.74) is 0. The molecule has 2 N–H and O–H groups in total. The zero-order chi connectivity index (χ0) is 40.0. The molecule has 0 fully saturated rings. The van der Waals surface area contributed by atoms with Crippen LogP contribution in [0.25, 0.3) is 0 Å². The Kier molecular flexibility index (Phi) is 85.0. The number of aliphatic carboxylic acids is 1. The summed E-state index contributed by atoms with van der Waals surface area (Å²) < 4.78 is 4.55. The van der Waals surface area contributed by atoms with E-state index < -0.39 is 5.97 Å². The largest absolute Gasteiger partial charge is 1.00 e. The van der Waals surface area contributed by atoms with Crippen LogP contribution in [0.4, 0.5) is 0 Å². The monoisotopic (exact) mass is 777 g/mol. The first-order valence-electron chi connectivity index (χ1n) is 17.2. The maximum absolute atomic E-state index is 10.2. The fourth-order valence-electron chi connectivity index (χ4n) is 1.83. The predicted octanol–water partition coefficient (Wildman–Crippen LogP) is 5.83. The van der Waals surface area contributed by atoms with Crippen molar-refractivity contribution in [3.8, 4) is 0 Å². The van der Waals surface area contributed by atoms with Crippen LogP contribution in [0, 0.1) is 0 Å². The van der Waals surface area contributed by atoms with Crippen LogP contribution < -0.4 is 18.9 Å². The van der Waals surface area contributed by atoms with Gasteiger partial charge in [0.2, 0.25) is 0 Å². The van der Waals surface area contributed by atoms with Gasteiger partial charge in [0.15, 0.2) is 17.4 Å². The molecule has 5 rings (SSSR count). The van der Waals surface area contributed by atoms with Crippen molar-refractivity contribution in [1.82, 2.24) is 24.9 Å². The number of aromatic nitrogens is 5. The third kappa shape index (κ3) is 86.6. The fourth-order valence-corrected chi connectivity index (χ4v) is 1.83. The smallest absolute Gasteiger partial charge is 1.00 e. The molecule has 0 bridgehead atoms. The number of ether oxygens (including phenoxy) is 1. The molecule has 5 aromatic heterocycles. The summed E-state index contributed by atoms with van der Waals surface area (Å²) in [6.07, 6.45) is 20.2. The van der Waals surface area contributed by atoms with Gasteiger partial charge in [0.05, 0.1) is 6.61 Å². The first-order valence-corrected chi connectivity index (χ1v) is 17.7. The number of carbonyl (C=O) groups is 2. The number of aliphatic hydroxyl groups is 1. The van der Waals surface area contributed by atoms with Crippen molar-refractivity contribution >= 4 is 40.9 Å². The van der Waals surface area contributed by atoms with Crippen molar-refractivity contribution in [1.29, 1.82) is 0 Å². The molecule has 0 aliphatic rings. The van der Waals surface area contributed by atoms with Crippen LogP contribution in [-0.2, 0) is 14.3 Å². The van der Waals surface area contributed by atoms with Crippen LogP contribution in [0.3, 0.4) is 0 Å². The molecule has 54 heavy (non-hydrogen) atoms. The zero-order valence-corrected chi connectivity index (χ0v) is 33.9. The Balaban J connectivity index is -0.0000000747. The molecule has 0 aliphatic carbocycles. The molecule has 0 unspecified atom stereocenters. The zero-order valence-electron chi connectivity index (χ0n) is 34.1. The van der Waals surface area contributed by atoms with Gasteiger partial charge >= 0.3 is 30.8 Å². The number of rotatable bonds is 5. The van der Waals surface area contributed by atoms with Crippen molar-refractivity contribution in [3.63, 3.8) is 0 Å². The molecular weight excluding hydrogens is 712 g/mol. The number of pyridine rings is 5. The number of aliphatic hydroxyl groups excluding tert-OH is 1. The Hall–Kier alpha value is -3.93. The molecule has 0 atom stereocenters. The number of hydrogen-bond donors (Lipinski definition) is 2. The standard InChI is InChI=1S/5C5H5N.C5H10O2.C3H7Cl.C3H6O2.C3H8O.C2H6.Al.Li.4H/c5*1-2-4-6-5-3-1;1-3-5(6)7-4-2;1-2-3-4;1-2-3(4)5;1-2-3-4;1-2;;;;;;/h5*1-5H;3-4H2,1-2H3;2-3H2,1H3;2H2,1H3,(H,4,5);4H,2-3H2,1H3;1-2H3;;;;;;/q;;;;;;;;;;;+1;;;;-1. The minimum Gasteiger partial charge on any atom is -1.00 e. The fraction of sp³-hybridized carbons (Fsp3) is 0.341. The van der Waals surface area contributed by atoms with Crippen molar-refractivity contribution in [3.05, 3.63) is 153 Å². The number of carboxylic acids is 1. The molecule has 5 heterocycles. The number of esters is 1. The van der Waals surface area contributed by atoms with Crippen LogP contribution in [-0.4, -0.2) is 83.5 Å². The summed E-state index contributed by atoms with van der Waals surface area (Å²) in [6.45, 7) is 14.0. The average molecular weight is 778 g/mol. The molecule has 10 nitrogen and oxygen atoms in total. The van der Waals surface area contributed by atoms with E-state index in [1.54, 1.807) is 82.7 Å². The maximum atomic E-state index is 10.2. The first kappa shape index (κ1) is 65.0. The average Bonchev–Trinajstić information content (AvgIpc) is 3.26. The molecule has 5 aromatic rings. The third-order valence-corrected chi connectivity index (χ3v) is 4.52. The molecule has 0 radical (unpaired) electrons. The number of nitrogens with zero attached hydrogens (tertiary/aromatic N) is 5. The van der Waals surface area contributed by atoms with E-state index in [9.17, 15) is 9.59 Å². The van der Waals surface area contributed by atoms with E-state index in [-0.39, 0.29) is 50.0 Å². The Bertz CT molecular complexity index is 918. The molecule has 0 aliphatic heterocycles. The molecule has 13 heteroatoms. The molecule has 0 saturated carbocycles. The molecule has 0 spiro atoms. The topological polar surface area (TPSA) is 148 Å². The Morgan fingerprint density at radius 1 is 0.537 bits per heavy atom. The van der Waals surface area contributed by atoms with Crippen molar-refractivity contribution in [2.24, 2.45) is 0 Å². The van der Waals surface area contributed by atoms with Crippen molar-refractivity contribution in [2.45, 2.75) is 74.1 Å². The van der Waals surface area contributed by atoms with Gasteiger partial charge in [0, 0.05) is 87.3 Å². The van der Waals surface area contributed by atoms with E-state index in [4.69, 9.17) is 21.8 Å². The Morgan fingerprint density at radius 3 is 0.778 bits per heavy atom. The molecular formula is C41H66AlClLiN5O5. The van der Waals surface area contributed by atoms with Crippen molar-refractivity contribution < 1.29 is 44.8 Å². The van der Waals surface area contributed by atoms with Crippen LogP contribution in [0.2, 0.25) is 0 Å². The molecule has 0 amide bonds.